The van der Waals surface area contributed by atoms with Gasteiger partial charge < -0.3 is 14.7 Å². The number of aromatic nitrogens is 3. The molecule has 7 nitrogen and oxygen atoms in total. The van der Waals surface area contributed by atoms with Crippen LogP contribution in [-0.2, 0) is 0 Å². The quantitative estimate of drug-likeness (QED) is 0.800. The first-order valence-corrected chi connectivity index (χ1v) is 9.92. The predicted octanol–water partition coefficient (Wildman–Crippen LogP) is 2.36. The molecule has 0 N–H and O–H groups in total. The van der Waals surface area contributed by atoms with E-state index in [-0.39, 0.29) is 5.91 Å². The van der Waals surface area contributed by atoms with Gasteiger partial charge >= 0.3 is 0 Å². The molecular formula is C18H26N6OS. The summed E-state index contributed by atoms with van der Waals surface area (Å²) in [4.78, 5) is 24.1. The predicted molar refractivity (Wildman–Crippen MR) is 105 cm³/mol. The van der Waals surface area contributed by atoms with E-state index in [0.29, 0.717) is 13.1 Å². The summed E-state index contributed by atoms with van der Waals surface area (Å²) in [7, 11) is 0. The summed E-state index contributed by atoms with van der Waals surface area (Å²) >= 11 is 1.48. The Morgan fingerprint density at radius 2 is 1.81 bits per heavy atom. The SMILES string of the molecule is CCN(CC)c1ccc(N2CCN(C(=O)c3sc(C)nc3C)CC2)nn1. The monoisotopic (exact) mass is 374 g/mol. The number of amides is 1. The van der Waals surface area contributed by atoms with Gasteiger partial charge in [-0.25, -0.2) is 4.98 Å². The highest BCUT2D eigenvalue weighted by molar-refractivity contribution is 7.13. The fraction of sp³-hybridized carbons (Fsp3) is 0.556. The van der Waals surface area contributed by atoms with E-state index in [9.17, 15) is 4.79 Å². The summed E-state index contributed by atoms with van der Waals surface area (Å²) in [5.41, 5.74) is 0.831. The van der Waals surface area contributed by atoms with Gasteiger partial charge in [-0.2, -0.15) is 0 Å². The van der Waals surface area contributed by atoms with Crippen LogP contribution >= 0.6 is 11.3 Å². The molecule has 3 rings (SSSR count). The lowest BCUT2D eigenvalue weighted by molar-refractivity contribution is 0.0750. The van der Waals surface area contributed by atoms with Crippen LogP contribution < -0.4 is 9.80 Å². The number of piperazine rings is 1. The molecule has 2 aromatic heterocycles. The average molecular weight is 375 g/mol. The van der Waals surface area contributed by atoms with Gasteiger partial charge in [-0.05, 0) is 39.8 Å². The second-order valence-electron chi connectivity index (χ2n) is 6.35. The average Bonchev–Trinajstić information content (AvgIpc) is 3.01. The molecule has 1 fully saturated rings. The zero-order valence-corrected chi connectivity index (χ0v) is 16.7. The molecule has 0 unspecified atom stereocenters. The third-order valence-electron chi connectivity index (χ3n) is 4.71. The van der Waals surface area contributed by atoms with Crippen LogP contribution in [0.3, 0.4) is 0 Å². The number of carbonyl (C=O) groups is 1. The van der Waals surface area contributed by atoms with Crippen molar-refractivity contribution in [2.45, 2.75) is 27.7 Å². The molecule has 0 radical (unpaired) electrons. The van der Waals surface area contributed by atoms with Crippen LogP contribution in [0.2, 0.25) is 0 Å². The van der Waals surface area contributed by atoms with Crippen molar-refractivity contribution in [1.29, 1.82) is 0 Å². The van der Waals surface area contributed by atoms with E-state index in [4.69, 9.17) is 0 Å². The molecule has 26 heavy (non-hydrogen) atoms. The van der Waals surface area contributed by atoms with Crippen molar-refractivity contribution in [3.05, 3.63) is 27.7 Å². The summed E-state index contributed by atoms with van der Waals surface area (Å²) in [6.07, 6.45) is 0. The van der Waals surface area contributed by atoms with Gasteiger partial charge in [0.05, 0.1) is 10.7 Å². The van der Waals surface area contributed by atoms with Gasteiger partial charge in [0.1, 0.15) is 4.88 Å². The summed E-state index contributed by atoms with van der Waals surface area (Å²) in [6, 6.07) is 4.05. The highest BCUT2D eigenvalue weighted by atomic mass is 32.1. The number of anilines is 2. The second kappa shape index (κ2) is 7.99. The minimum absolute atomic E-state index is 0.0933. The van der Waals surface area contributed by atoms with Crippen LogP contribution in [0.4, 0.5) is 11.6 Å². The molecule has 0 aromatic carbocycles. The van der Waals surface area contributed by atoms with Gasteiger partial charge in [-0.15, -0.1) is 21.5 Å². The number of carbonyl (C=O) groups excluding carboxylic acids is 1. The standard InChI is InChI=1S/C18H26N6OS/c1-5-22(6-2)15-7-8-16(21-20-15)23-9-11-24(12-10-23)18(25)17-13(3)19-14(4)26-17/h7-8H,5-6,9-12H2,1-4H3. The largest absolute Gasteiger partial charge is 0.356 e. The molecule has 2 aromatic rings. The first-order valence-electron chi connectivity index (χ1n) is 9.10. The van der Waals surface area contributed by atoms with Crippen LogP contribution in [0.1, 0.15) is 34.2 Å². The Balaban J connectivity index is 1.61. The maximum Gasteiger partial charge on any atom is 0.265 e. The van der Waals surface area contributed by atoms with Gasteiger partial charge in [0.15, 0.2) is 11.6 Å². The topological polar surface area (TPSA) is 65.5 Å². The van der Waals surface area contributed by atoms with E-state index in [1.54, 1.807) is 0 Å². The fourth-order valence-electron chi connectivity index (χ4n) is 3.22. The Kier molecular flexibility index (Phi) is 5.70. The molecule has 1 aliphatic heterocycles. The first-order chi connectivity index (χ1) is 12.5. The molecule has 0 atom stereocenters. The van der Waals surface area contributed by atoms with Gasteiger partial charge in [-0.1, -0.05) is 0 Å². The van der Waals surface area contributed by atoms with E-state index in [1.165, 1.54) is 11.3 Å². The highest BCUT2D eigenvalue weighted by Gasteiger charge is 2.25. The number of rotatable bonds is 5. The third-order valence-corrected chi connectivity index (χ3v) is 5.77. The Bertz CT molecular complexity index is 748. The van der Waals surface area contributed by atoms with E-state index < -0.39 is 0 Å². The van der Waals surface area contributed by atoms with Crippen LogP contribution in [0.25, 0.3) is 0 Å². The van der Waals surface area contributed by atoms with E-state index in [1.807, 2.05) is 30.9 Å². The van der Waals surface area contributed by atoms with E-state index in [2.05, 4.69) is 38.8 Å². The number of aryl methyl sites for hydroxylation is 2. The molecule has 1 amide bonds. The molecule has 0 spiro atoms. The van der Waals surface area contributed by atoms with Gasteiger partial charge in [0.25, 0.3) is 5.91 Å². The number of hydrogen-bond acceptors (Lipinski definition) is 7. The van der Waals surface area contributed by atoms with Crippen molar-refractivity contribution >= 4 is 28.9 Å². The van der Waals surface area contributed by atoms with Crippen LogP contribution in [-0.4, -0.2) is 65.3 Å². The van der Waals surface area contributed by atoms with Gasteiger partial charge in [0, 0.05) is 39.3 Å². The van der Waals surface area contributed by atoms with Crippen molar-refractivity contribution in [3.63, 3.8) is 0 Å². The van der Waals surface area contributed by atoms with Crippen molar-refractivity contribution in [2.75, 3.05) is 49.1 Å². The molecule has 140 valence electrons. The normalized spacial score (nSPS) is 14.6. The summed E-state index contributed by atoms with van der Waals surface area (Å²) in [5.74, 6) is 1.87. The van der Waals surface area contributed by atoms with Crippen LogP contribution in [0.5, 0.6) is 0 Å². The highest BCUT2D eigenvalue weighted by Crippen LogP contribution is 2.21. The summed E-state index contributed by atoms with van der Waals surface area (Å²) in [5, 5.41) is 9.68. The van der Waals surface area contributed by atoms with Crippen LogP contribution in [0, 0.1) is 13.8 Å². The molecule has 8 heteroatoms. The summed E-state index contributed by atoms with van der Waals surface area (Å²) in [6.45, 7) is 12.8. The lowest BCUT2D eigenvalue weighted by Gasteiger charge is -2.35. The second-order valence-corrected chi connectivity index (χ2v) is 7.55. The lowest BCUT2D eigenvalue weighted by Crippen LogP contribution is -2.49. The first kappa shape index (κ1) is 18.6. The van der Waals surface area contributed by atoms with Crippen molar-refractivity contribution in [1.82, 2.24) is 20.1 Å². The molecule has 0 saturated carbocycles. The van der Waals surface area contributed by atoms with Gasteiger partial charge in [0.2, 0.25) is 0 Å². The third kappa shape index (κ3) is 3.80. The molecular weight excluding hydrogens is 348 g/mol. The Morgan fingerprint density at radius 1 is 1.12 bits per heavy atom. The maximum absolute atomic E-state index is 12.7. The van der Waals surface area contributed by atoms with Crippen molar-refractivity contribution in [2.24, 2.45) is 0 Å². The maximum atomic E-state index is 12.7. The minimum Gasteiger partial charge on any atom is -0.356 e. The van der Waals surface area contributed by atoms with E-state index in [0.717, 1.165) is 53.4 Å². The number of nitrogens with zero attached hydrogens (tertiary/aromatic N) is 6. The van der Waals surface area contributed by atoms with Crippen molar-refractivity contribution in [3.8, 4) is 0 Å². The molecule has 1 saturated heterocycles. The Labute approximate surface area is 158 Å². The summed E-state index contributed by atoms with van der Waals surface area (Å²) < 4.78 is 0. The zero-order chi connectivity index (χ0) is 18.7. The fourth-order valence-corrected chi connectivity index (χ4v) is 4.10. The number of thiazole rings is 1. The van der Waals surface area contributed by atoms with Crippen molar-refractivity contribution < 1.29 is 4.79 Å². The lowest BCUT2D eigenvalue weighted by atomic mass is 10.2. The van der Waals surface area contributed by atoms with Crippen LogP contribution in [0.15, 0.2) is 12.1 Å². The number of hydrogen-bond donors (Lipinski definition) is 0. The molecule has 0 bridgehead atoms. The molecule has 1 aliphatic rings. The smallest absolute Gasteiger partial charge is 0.265 e. The molecule has 3 heterocycles. The zero-order valence-electron chi connectivity index (χ0n) is 15.9. The Morgan fingerprint density at radius 3 is 2.31 bits per heavy atom. The van der Waals surface area contributed by atoms with E-state index >= 15 is 0 Å². The molecule has 0 aliphatic carbocycles. The van der Waals surface area contributed by atoms with Gasteiger partial charge in [-0.3, -0.25) is 4.79 Å². The Hall–Kier alpha value is -2.22. The minimum atomic E-state index is 0.0933.